The minimum Gasteiger partial charge on any atom is -0.379 e. The van der Waals surface area contributed by atoms with Crippen LogP contribution >= 0.6 is 11.3 Å². The van der Waals surface area contributed by atoms with Gasteiger partial charge in [0.1, 0.15) is 4.21 Å². The number of aryl methyl sites for hydroxylation is 1. The quantitative estimate of drug-likeness (QED) is 0.358. The largest absolute Gasteiger partial charge is 0.379 e. The zero-order chi connectivity index (χ0) is 18.3. The number of hydrogen-bond donors (Lipinski definition) is 2. The summed E-state index contributed by atoms with van der Waals surface area (Å²) in [6.07, 6.45) is 2.58. The zero-order valence-electron chi connectivity index (χ0n) is 15.1. The van der Waals surface area contributed by atoms with E-state index >= 15 is 0 Å². The van der Waals surface area contributed by atoms with Crippen molar-refractivity contribution >= 4 is 27.3 Å². The summed E-state index contributed by atoms with van der Waals surface area (Å²) in [6.45, 7) is 4.90. The van der Waals surface area contributed by atoms with E-state index < -0.39 is 10.0 Å². The van der Waals surface area contributed by atoms with Gasteiger partial charge in [0.25, 0.3) is 0 Å². The maximum Gasteiger partial charge on any atom is 0.250 e. The Hall–Kier alpha value is -1.16. The lowest BCUT2D eigenvalue weighted by Crippen LogP contribution is -2.43. The minimum absolute atomic E-state index is 0.296. The summed E-state index contributed by atoms with van der Waals surface area (Å²) in [4.78, 5) is 7.16. The Morgan fingerprint density at radius 1 is 1.40 bits per heavy atom. The molecule has 1 saturated carbocycles. The maximum absolute atomic E-state index is 12.1. The van der Waals surface area contributed by atoms with E-state index in [1.807, 2.05) is 18.9 Å². The fourth-order valence-corrected chi connectivity index (χ4v) is 4.57. The van der Waals surface area contributed by atoms with Crippen molar-refractivity contribution in [1.29, 1.82) is 0 Å². The highest BCUT2D eigenvalue weighted by Crippen LogP contribution is 2.28. The monoisotopic (exact) mass is 388 g/mol. The number of thiophene rings is 1. The third-order valence-corrected chi connectivity index (χ3v) is 6.83. The van der Waals surface area contributed by atoms with Gasteiger partial charge in [0.2, 0.25) is 10.0 Å². The topological polar surface area (TPSA) is 83.0 Å². The molecule has 25 heavy (non-hydrogen) atoms. The third kappa shape index (κ3) is 6.93. The molecule has 1 heterocycles. The smallest absolute Gasteiger partial charge is 0.250 e. The molecule has 0 aliphatic heterocycles. The first-order valence-corrected chi connectivity index (χ1v) is 10.8. The molecule has 9 heteroatoms. The molecule has 1 aromatic rings. The average molecular weight is 389 g/mol. The molecule has 0 spiro atoms. The van der Waals surface area contributed by atoms with E-state index in [0.717, 1.165) is 29.9 Å². The summed E-state index contributed by atoms with van der Waals surface area (Å²) in [6, 6.07) is 3.43. The van der Waals surface area contributed by atoms with E-state index in [1.54, 1.807) is 19.2 Å². The van der Waals surface area contributed by atoms with Crippen LogP contribution in [0.1, 0.15) is 17.7 Å². The molecule has 2 N–H and O–H groups in total. The highest BCUT2D eigenvalue weighted by atomic mass is 32.2. The van der Waals surface area contributed by atoms with Crippen LogP contribution in [0, 0.1) is 12.8 Å². The molecule has 0 saturated heterocycles. The first-order valence-electron chi connectivity index (χ1n) is 8.48. The molecule has 0 atom stereocenters. The van der Waals surface area contributed by atoms with Gasteiger partial charge in [-0.15, -0.1) is 11.3 Å². The van der Waals surface area contributed by atoms with Crippen molar-refractivity contribution in [3.63, 3.8) is 0 Å². The van der Waals surface area contributed by atoms with E-state index in [2.05, 4.69) is 15.0 Å². The molecule has 1 aromatic heterocycles. The van der Waals surface area contributed by atoms with E-state index in [-0.39, 0.29) is 0 Å². The van der Waals surface area contributed by atoms with Crippen molar-refractivity contribution in [3.05, 3.63) is 17.0 Å². The first kappa shape index (κ1) is 20.2. The lowest BCUT2D eigenvalue weighted by atomic mass is 10.5. The maximum atomic E-state index is 12.1. The van der Waals surface area contributed by atoms with Crippen molar-refractivity contribution in [2.24, 2.45) is 10.9 Å². The first-order chi connectivity index (χ1) is 11.9. The standard InChI is InChI=1S/C16H28N4O3S2/c1-13-4-7-15(24-13)25(21,22)19-9-8-18-16(17-2)20(3)10-11-23-12-14-5-6-14/h4,7,14,19H,5-6,8-12H2,1-3H3,(H,17,18). The molecule has 0 aromatic carbocycles. The van der Waals surface area contributed by atoms with Crippen LogP contribution in [-0.2, 0) is 14.8 Å². The van der Waals surface area contributed by atoms with Crippen LogP contribution in [0.5, 0.6) is 0 Å². The molecular weight excluding hydrogens is 360 g/mol. The highest BCUT2D eigenvalue weighted by Gasteiger charge is 2.21. The molecule has 142 valence electrons. The number of rotatable bonds is 10. The second-order valence-electron chi connectivity index (χ2n) is 6.18. The molecule has 2 rings (SSSR count). The lowest BCUT2D eigenvalue weighted by Gasteiger charge is -2.22. The molecule has 0 amide bonds. The van der Waals surface area contributed by atoms with E-state index in [1.165, 1.54) is 24.2 Å². The fraction of sp³-hybridized carbons (Fsp3) is 0.688. The highest BCUT2D eigenvalue weighted by molar-refractivity contribution is 7.91. The number of likely N-dealkylation sites (N-methyl/N-ethyl adjacent to an activating group) is 1. The Kier molecular flexibility index (Phi) is 7.67. The Labute approximate surface area is 154 Å². The van der Waals surface area contributed by atoms with Gasteiger partial charge < -0.3 is 15.0 Å². The van der Waals surface area contributed by atoms with Crippen LogP contribution in [0.3, 0.4) is 0 Å². The van der Waals surface area contributed by atoms with Gasteiger partial charge in [-0.3, -0.25) is 4.99 Å². The van der Waals surface area contributed by atoms with Gasteiger partial charge in [0, 0.05) is 45.2 Å². The number of hydrogen-bond acceptors (Lipinski definition) is 5. The van der Waals surface area contributed by atoms with Gasteiger partial charge >= 0.3 is 0 Å². The number of ether oxygens (including phenoxy) is 1. The number of aliphatic imine (C=N–C) groups is 1. The Morgan fingerprint density at radius 3 is 2.76 bits per heavy atom. The van der Waals surface area contributed by atoms with Crippen LogP contribution in [0.2, 0.25) is 0 Å². The van der Waals surface area contributed by atoms with Crippen molar-refractivity contribution in [2.75, 3.05) is 46.9 Å². The van der Waals surface area contributed by atoms with E-state index in [9.17, 15) is 8.42 Å². The third-order valence-electron chi connectivity index (χ3n) is 3.88. The van der Waals surface area contributed by atoms with Gasteiger partial charge in [-0.1, -0.05) is 0 Å². The number of guanidine groups is 1. The van der Waals surface area contributed by atoms with Crippen LogP contribution < -0.4 is 10.0 Å². The average Bonchev–Trinajstić information content (AvgIpc) is 3.29. The summed E-state index contributed by atoms with van der Waals surface area (Å²) in [5.41, 5.74) is 0. The van der Waals surface area contributed by atoms with Crippen molar-refractivity contribution in [2.45, 2.75) is 24.0 Å². The predicted octanol–water partition coefficient (Wildman–Crippen LogP) is 1.27. The fourth-order valence-electron chi connectivity index (χ4n) is 2.21. The Balaban J connectivity index is 1.65. The molecular formula is C16H28N4O3S2. The Bertz CT molecular complexity index is 669. The van der Waals surface area contributed by atoms with Crippen LogP contribution in [-0.4, -0.2) is 66.2 Å². The van der Waals surface area contributed by atoms with Crippen molar-refractivity contribution in [1.82, 2.24) is 14.9 Å². The molecule has 1 aliphatic carbocycles. The van der Waals surface area contributed by atoms with Gasteiger partial charge in [-0.2, -0.15) is 0 Å². The van der Waals surface area contributed by atoms with Gasteiger partial charge in [0.05, 0.1) is 6.61 Å². The van der Waals surface area contributed by atoms with Crippen molar-refractivity contribution < 1.29 is 13.2 Å². The Morgan fingerprint density at radius 2 is 2.16 bits per heavy atom. The minimum atomic E-state index is -3.43. The summed E-state index contributed by atoms with van der Waals surface area (Å²) < 4.78 is 32.9. The normalized spacial score (nSPS) is 15.4. The second kappa shape index (κ2) is 9.51. The second-order valence-corrected chi connectivity index (χ2v) is 9.46. The van der Waals surface area contributed by atoms with Gasteiger partial charge in [-0.05, 0) is 37.8 Å². The van der Waals surface area contributed by atoms with Crippen LogP contribution in [0.4, 0.5) is 0 Å². The summed E-state index contributed by atoms with van der Waals surface area (Å²) in [7, 11) is 0.221. The predicted molar refractivity (Wildman–Crippen MR) is 102 cm³/mol. The van der Waals surface area contributed by atoms with E-state index in [4.69, 9.17) is 4.74 Å². The number of sulfonamides is 1. The van der Waals surface area contributed by atoms with Crippen molar-refractivity contribution in [3.8, 4) is 0 Å². The molecule has 1 fully saturated rings. The SMILES string of the molecule is CN=C(NCCNS(=O)(=O)c1ccc(C)s1)N(C)CCOCC1CC1. The summed E-state index contributed by atoms with van der Waals surface area (Å²) >= 11 is 1.27. The van der Waals surface area contributed by atoms with Gasteiger partial charge in [0.15, 0.2) is 5.96 Å². The zero-order valence-corrected chi connectivity index (χ0v) is 16.8. The lowest BCUT2D eigenvalue weighted by molar-refractivity contribution is 0.115. The number of nitrogens with one attached hydrogen (secondary N) is 2. The number of nitrogens with zero attached hydrogens (tertiary/aromatic N) is 2. The molecule has 0 bridgehead atoms. The molecule has 1 aliphatic rings. The van der Waals surface area contributed by atoms with E-state index in [0.29, 0.717) is 23.9 Å². The summed E-state index contributed by atoms with van der Waals surface area (Å²) in [5, 5.41) is 3.16. The van der Waals surface area contributed by atoms with Crippen LogP contribution in [0.25, 0.3) is 0 Å². The molecule has 0 radical (unpaired) electrons. The molecule has 0 unspecified atom stereocenters. The van der Waals surface area contributed by atoms with Gasteiger partial charge in [-0.25, -0.2) is 13.1 Å². The molecule has 7 nitrogen and oxygen atoms in total. The summed E-state index contributed by atoms with van der Waals surface area (Å²) in [5.74, 6) is 1.49. The van der Waals surface area contributed by atoms with Crippen LogP contribution in [0.15, 0.2) is 21.3 Å².